The van der Waals surface area contributed by atoms with Crippen molar-refractivity contribution in [1.29, 1.82) is 0 Å². The molecule has 0 aliphatic heterocycles. The molecule has 0 radical (unpaired) electrons. The topological polar surface area (TPSA) is 46.1 Å². The standard InChI is InChI=1S/C4H9B.2CH3O/c1-2-3-4-5;2*1-2/h2-4H2,1H3;2*1H3/q+2;2*-1. The van der Waals surface area contributed by atoms with Gasteiger partial charge in [0.2, 0.25) is 0 Å². The first-order valence-electron chi connectivity index (χ1n) is 2.93. The van der Waals surface area contributed by atoms with Gasteiger partial charge in [-0.2, -0.15) is 14.2 Å². The molecule has 0 unspecified atom stereocenters. The van der Waals surface area contributed by atoms with Crippen LogP contribution >= 0.6 is 0 Å². The van der Waals surface area contributed by atoms with Gasteiger partial charge in [0.15, 0.2) is 0 Å². The first-order chi connectivity index (χ1) is 4.41. The molecule has 2 nitrogen and oxygen atoms in total. The molecule has 0 aromatic heterocycles. The van der Waals surface area contributed by atoms with E-state index < -0.39 is 0 Å². The van der Waals surface area contributed by atoms with E-state index >= 15 is 0 Å². The first kappa shape index (κ1) is 16.0. The van der Waals surface area contributed by atoms with Crippen LogP contribution < -0.4 is 10.2 Å². The minimum absolute atomic E-state index is 0.750. The van der Waals surface area contributed by atoms with Gasteiger partial charge in [0, 0.05) is 0 Å². The van der Waals surface area contributed by atoms with Crippen molar-refractivity contribution < 1.29 is 10.2 Å². The third-order valence-corrected chi connectivity index (χ3v) is 0.558. The molecular weight excluding hydrogens is 115 g/mol. The summed E-state index contributed by atoms with van der Waals surface area (Å²) in [7, 11) is 6.64. The van der Waals surface area contributed by atoms with E-state index in [-0.39, 0.29) is 0 Å². The van der Waals surface area contributed by atoms with Crippen molar-refractivity contribution in [2.45, 2.75) is 26.1 Å². The Morgan fingerprint density at radius 2 is 1.44 bits per heavy atom. The molecule has 0 atom stereocenters. The maximum atomic E-state index is 8.25. The molecule has 54 valence electrons. The van der Waals surface area contributed by atoms with Crippen molar-refractivity contribution in [3.05, 3.63) is 0 Å². The molecule has 0 N–H and O–H groups in total. The Kier molecular flexibility index (Phi) is 77.7. The van der Waals surface area contributed by atoms with E-state index in [2.05, 4.69) is 6.92 Å². The van der Waals surface area contributed by atoms with E-state index in [0.29, 0.717) is 0 Å². The Morgan fingerprint density at radius 3 is 1.44 bits per heavy atom. The normalized spacial score (nSPS) is 6.11. The van der Waals surface area contributed by atoms with Crippen LogP contribution in [-0.4, -0.2) is 22.1 Å². The van der Waals surface area contributed by atoms with E-state index in [1.807, 2.05) is 0 Å². The van der Waals surface area contributed by atoms with Crippen LogP contribution in [0.3, 0.4) is 0 Å². The third kappa shape index (κ3) is 72.6. The fourth-order valence-corrected chi connectivity index (χ4v) is 0.204. The van der Waals surface area contributed by atoms with E-state index in [9.17, 15) is 0 Å². The Morgan fingerprint density at radius 1 is 1.11 bits per heavy atom. The van der Waals surface area contributed by atoms with Crippen LogP contribution in [0, 0.1) is 0 Å². The molecule has 0 aliphatic rings. The molecule has 0 rings (SSSR count). The summed E-state index contributed by atoms with van der Waals surface area (Å²) in [5.41, 5.74) is 0. The van der Waals surface area contributed by atoms with Crippen LogP contribution in [0.5, 0.6) is 0 Å². The van der Waals surface area contributed by atoms with E-state index in [1.165, 1.54) is 12.8 Å². The molecule has 0 aliphatic carbocycles. The van der Waals surface area contributed by atoms with Crippen molar-refractivity contribution >= 4 is 7.85 Å². The van der Waals surface area contributed by atoms with Crippen molar-refractivity contribution in [1.82, 2.24) is 0 Å². The van der Waals surface area contributed by atoms with Crippen LogP contribution in [0.15, 0.2) is 0 Å². The van der Waals surface area contributed by atoms with Crippen molar-refractivity contribution in [3.63, 3.8) is 0 Å². The summed E-state index contributed by atoms with van der Waals surface area (Å²) < 4.78 is 0. The summed E-state index contributed by atoms with van der Waals surface area (Å²) in [5.74, 6) is 0. The summed E-state index contributed by atoms with van der Waals surface area (Å²) in [6.07, 6.45) is 3.23. The average molecular weight is 130 g/mol. The van der Waals surface area contributed by atoms with Gasteiger partial charge < -0.3 is 10.2 Å². The summed E-state index contributed by atoms with van der Waals surface area (Å²) in [5, 5.41) is 16.5. The van der Waals surface area contributed by atoms with Crippen LogP contribution in [0.1, 0.15) is 19.8 Å². The zero-order valence-corrected chi connectivity index (χ0v) is 6.52. The van der Waals surface area contributed by atoms with Gasteiger partial charge >= 0.3 is 33.9 Å². The van der Waals surface area contributed by atoms with E-state index in [1.54, 1.807) is 0 Å². The summed E-state index contributed by atoms with van der Waals surface area (Å²) >= 11 is 0. The molecule has 0 saturated heterocycles. The second-order valence-corrected chi connectivity index (χ2v) is 1.14. The third-order valence-electron chi connectivity index (χ3n) is 0.558. The predicted octanol–water partition coefficient (Wildman–Crippen LogP) is -0.674. The molecule has 0 spiro atoms. The molecule has 0 fully saturated rings. The first-order valence-corrected chi connectivity index (χ1v) is 2.93. The van der Waals surface area contributed by atoms with Gasteiger partial charge in [-0.25, -0.2) is 0 Å². The molecule has 0 bridgehead atoms. The van der Waals surface area contributed by atoms with Gasteiger partial charge in [-0.1, -0.05) is 0 Å². The monoisotopic (exact) mass is 130 g/mol. The molecular formula is C6H15BO2. The van der Waals surface area contributed by atoms with Crippen LogP contribution in [0.2, 0.25) is 6.32 Å². The Hall–Kier alpha value is -0.0151. The van der Waals surface area contributed by atoms with Gasteiger partial charge in [0.05, 0.1) is 0 Å². The van der Waals surface area contributed by atoms with Gasteiger partial charge in [0.25, 0.3) is 0 Å². The SMILES string of the molecule is C[O-].C[O-].[B+2]CCCC. The molecule has 0 heterocycles. The second kappa shape index (κ2) is 43.7. The fraction of sp³-hybridized carbons (Fsp3) is 1.00. The number of unbranched alkanes of at least 4 members (excludes halogenated alkanes) is 1. The Balaban J connectivity index is -0.0000000771. The summed E-state index contributed by atoms with van der Waals surface area (Å²) in [6, 6.07) is 0. The van der Waals surface area contributed by atoms with Crippen LogP contribution in [0.25, 0.3) is 0 Å². The summed E-state index contributed by atoms with van der Waals surface area (Å²) in [6.45, 7) is 2.13. The van der Waals surface area contributed by atoms with Crippen molar-refractivity contribution in [2.24, 2.45) is 0 Å². The number of hydrogen-bond acceptors (Lipinski definition) is 2. The summed E-state index contributed by atoms with van der Waals surface area (Å²) in [4.78, 5) is 0. The second-order valence-electron chi connectivity index (χ2n) is 1.14. The van der Waals surface area contributed by atoms with Crippen molar-refractivity contribution in [3.8, 4) is 0 Å². The fourth-order valence-electron chi connectivity index (χ4n) is 0.204. The zero-order valence-electron chi connectivity index (χ0n) is 6.52. The molecule has 0 amide bonds. The Labute approximate surface area is 59.3 Å². The molecule has 9 heavy (non-hydrogen) atoms. The van der Waals surface area contributed by atoms with Gasteiger partial charge in [-0.3, -0.25) is 0 Å². The number of rotatable bonds is 2. The van der Waals surface area contributed by atoms with Crippen LogP contribution in [-0.2, 0) is 0 Å². The molecule has 0 aromatic carbocycles. The van der Waals surface area contributed by atoms with Crippen LogP contribution in [0.4, 0.5) is 0 Å². The average Bonchev–Trinajstić information content (AvgIpc) is 1.98. The number of hydrogen-bond donors (Lipinski definition) is 0. The van der Waals surface area contributed by atoms with E-state index in [0.717, 1.165) is 20.5 Å². The van der Waals surface area contributed by atoms with Crippen molar-refractivity contribution in [2.75, 3.05) is 14.2 Å². The molecule has 0 aromatic rings. The Bertz CT molecular complexity index is 18.5. The molecule has 0 saturated carbocycles. The van der Waals surface area contributed by atoms with Gasteiger partial charge in [0.1, 0.15) is 0 Å². The van der Waals surface area contributed by atoms with E-state index in [4.69, 9.17) is 18.1 Å². The minimum atomic E-state index is 0.750. The molecule has 3 heteroatoms. The maximum absolute atomic E-state index is 8.25. The zero-order chi connectivity index (χ0) is 8.12. The van der Waals surface area contributed by atoms with Gasteiger partial charge in [-0.15, -0.1) is 0 Å². The quantitative estimate of drug-likeness (QED) is 0.465. The predicted molar refractivity (Wildman–Crippen MR) is 37.3 cm³/mol. The van der Waals surface area contributed by atoms with Gasteiger partial charge in [-0.05, 0) is 0 Å².